The molecule has 0 saturated heterocycles. The Hall–Kier alpha value is -2.49. The highest BCUT2D eigenvalue weighted by Crippen LogP contribution is 2.24. The topological polar surface area (TPSA) is 50.4 Å². The summed E-state index contributed by atoms with van der Waals surface area (Å²) in [7, 11) is 0. The minimum absolute atomic E-state index is 0.0670. The van der Waals surface area contributed by atoms with Crippen LogP contribution in [0.1, 0.15) is 31.9 Å². The molecule has 0 saturated carbocycles. The lowest BCUT2D eigenvalue weighted by Crippen LogP contribution is -2.23. The number of anilines is 2. The molecule has 2 rings (SSSR count). The molecule has 4 heteroatoms. The van der Waals surface area contributed by atoms with Crippen molar-refractivity contribution < 1.29 is 9.53 Å². The second kappa shape index (κ2) is 9.11. The number of amides is 1. The van der Waals surface area contributed by atoms with Gasteiger partial charge in [0.25, 0.3) is 0 Å². The molecule has 134 valence electrons. The highest BCUT2D eigenvalue weighted by Gasteiger charge is 2.10. The molecule has 2 N–H and O–H groups in total. The minimum Gasteiger partial charge on any atom is -0.491 e. The first-order valence-electron chi connectivity index (χ1n) is 8.85. The molecule has 0 fully saturated rings. The Morgan fingerprint density at radius 1 is 1.12 bits per heavy atom. The Morgan fingerprint density at radius 2 is 1.88 bits per heavy atom. The highest BCUT2D eigenvalue weighted by molar-refractivity contribution is 5.95. The van der Waals surface area contributed by atoms with Crippen molar-refractivity contribution >= 4 is 17.3 Å². The van der Waals surface area contributed by atoms with Crippen molar-refractivity contribution in [1.29, 1.82) is 0 Å². The number of ether oxygens (including phenoxy) is 1. The van der Waals surface area contributed by atoms with Gasteiger partial charge in [-0.1, -0.05) is 51.1 Å². The van der Waals surface area contributed by atoms with E-state index in [2.05, 4.69) is 31.4 Å². The molecule has 0 radical (unpaired) electrons. The maximum absolute atomic E-state index is 12.4. The molecule has 2 aromatic rings. The van der Waals surface area contributed by atoms with Crippen LogP contribution in [0.4, 0.5) is 11.4 Å². The van der Waals surface area contributed by atoms with Crippen LogP contribution in [0.3, 0.4) is 0 Å². The minimum atomic E-state index is -0.0670. The van der Waals surface area contributed by atoms with Gasteiger partial charge in [0.15, 0.2) is 0 Å². The van der Waals surface area contributed by atoms with E-state index in [0.717, 1.165) is 34.7 Å². The normalized spacial score (nSPS) is 10.6. The Morgan fingerprint density at radius 3 is 2.60 bits per heavy atom. The number of rotatable bonds is 8. The molecular weight excluding hydrogens is 312 g/mol. The van der Waals surface area contributed by atoms with Crippen LogP contribution in [-0.4, -0.2) is 19.1 Å². The molecule has 4 nitrogen and oxygen atoms in total. The molecule has 1 amide bonds. The Balaban J connectivity index is 1.99. The van der Waals surface area contributed by atoms with Gasteiger partial charge >= 0.3 is 0 Å². The van der Waals surface area contributed by atoms with Crippen LogP contribution >= 0.6 is 0 Å². The molecule has 0 atom stereocenters. The lowest BCUT2D eigenvalue weighted by atomic mass is 10.1. The number of hydrogen-bond acceptors (Lipinski definition) is 3. The molecular formula is C21H28N2O2. The van der Waals surface area contributed by atoms with E-state index in [1.807, 2.05) is 49.4 Å². The van der Waals surface area contributed by atoms with Crippen molar-refractivity contribution in [2.45, 2.75) is 34.1 Å². The van der Waals surface area contributed by atoms with E-state index < -0.39 is 0 Å². The molecule has 2 aromatic carbocycles. The molecule has 0 aliphatic rings. The van der Waals surface area contributed by atoms with E-state index in [0.29, 0.717) is 12.5 Å². The van der Waals surface area contributed by atoms with Gasteiger partial charge in [-0.25, -0.2) is 0 Å². The van der Waals surface area contributed by atoms with Crippen molar-refractivity contribution in [3.05, 3.63) is 53.6 Å². The Kier molecular flexibility index (Phi) is 6.87. The molecule has 0 bridgehead atoms. The fourth-order valence-corrected chi connectivity index (χ4v) is 2.56. The second-order valence-corrected chi connectivity index (χ2v) is 6.57. The fourth-order valence-electron chi connectivity index (χ4n) is 2.56. The van der Waals surface area contributed by atoms with Crippen LogP contribution in [0.2, 0.25) is 0 Å². The zero-order valence-corrected chi connectivity index (χ0v) is 15.6. The van der Waals surface area contributed by atoms with Gasteiger partial charge in [-0.3, -0.25) is 4.79 Å². The maximum Gasteiger partial charge on any atom is 0.243 e. The molecule has 0 heterocycles. The van der Waals surface area contributed by atoms with Gasteiger partial charge in [-0.15, -0.1) is 0 Å². The highest BCUT2D eigenvalue weighted by atomic mass is 16.5. The van der Waals surface area contributed by atoms with E-state index in [1.54, 1.807) is 0 Å². The standard InChI is InChI=1S/C21H28N2O2/c1-5-17-10-8-9-16(4)21(17)23-20(24)13-22-18-11-6-7-12-19(18)25-14-15(2)3/h6-12,15,22H,5,13-14H2,1-4H3,(H,23,24). The van der Waals surface area contributed by atoms with Crippen LogP contribution in [-0.2, 0) is 11.2 Å². The predicted octanol–water partition coefficient (Wildman–Crippen LogP) is 4.64. The van der Waals surface area contributed by atoms with Crippen LogP contribution in [0.5, 0.6) is 5.75 Å². The summed E-state index contributed by atoms with van der Waals surface area (Å²) < 4.78 is 5.81. The third-order valence-electron chi connectivity index (χ3n) is 3.90. The van der Waals surface area contributed by atoms with Crippen LogP contribution in [0.15, 0.2) is 42.5 Å². The zero-order chi connectivity index (χ0) is 18.2. The summed E-state index contributed by atoms with van der Waals surface area (Å²) in [5, 5.41) is 6.20. The molecule has 0 aromatic heterocycles. The third kappa shape index (κ3) is 5.52. The van der Waals surface area contributed by atoms with Gasteiger partial charge in [0, 0.05) is 5.69 Å². The number of hydrogen-bond donors (Lipinski definition) is 2. The summed E-state index contributed by atoms with van der Waals surface area (Å²) in [4.78, 5) is 12.4. The van der Waals surface area contributed by atoms with Crippen LogP contribution in [0.25, 0.3) is 0 Å². The first kappa shape index (κ1) is 18.8. The summed E-state index contributed by atoms with van der Waals surface area (Å²) in [6.45, 7) is 9.16. The smallest absolute Gasteiger partial charge is 0.243 e. The molecule has 0 aliphatic heterocycles. The summed E-state index contributed by atoms with van der Waals surface area (Å²) in [6, 6.07) is 13.8. The summed E-state index contributed by atoms with van der Waals surface area (Å²) in [6.07, 6.45) is 0.886. The maximum atomic E-state index is 12.4. The van der Waals surface area contributed by atoms with Crippen LogP contribution < -0.4 is 15.4 Å². The van der Waals surface area contributed by atoms with Crippen molar-refractivity contribution in [2.75, 3.05) is 23.8 Å². The summed E-state index contributed by atoms with van der Waals surface area (Å²) in [5.74, 6) is 1.15. The van der Waals surface area contributed by atoms with Crippen molar-refractivity contribution in [3.63, 3.8) is 0 Å². The summed E-state index contributed by atoms with van der Waals surface area (Å²) >= 11 is 0. The number of para-hydroxylation sites is 3. The summed E-state index contributed by atoms with van der Waals surface area (Å²) in [5.41, 5.74) is 3.97. The average Bonchev–Trinajstić information content (AvgIpc) is 2.60. The molecule has 0 unspecified atom stereocenters. The van der Waals surface area contributed by atoms with Gasteiger partial charge < -0.3 is 15.4 Å². The molecule has 25 heavy (non-hydrogen) atoms. The van der Waals surface area contributed by atoms with Gasteiger partial charge in [0.05, 0.1) is 18.8 Å². The van der Waals surface area contributed by atoms with Crippen molar-refractivity contribution in [2.24, 2.45) is 5.92 Å². The first-order chi connectivity index (χ1) is 12.0. The number of carbonyl (C=O) groups excluding carboxylic acids is 1. The van der Waals surface area contributed by atoms with Gasteiger partial charge in [0.2, 0.25) is 5.91 Å². The average molecular weight is 340 g/mol. The van der Waals surface area contributed by atoms with Crippen LogP contribution in [0, 0.1) is 12.8 Å². The number of benzene rings is 2. The number of aryl methyl sites for hydroxylation is 2. The Bertz CT molecular complexity index is 711. The van der Waals surface area contributed by atoms with E-state index in [9.17, 15) is 4.79 Å². The van der Waals surface area contributed by atoms with E-state index in [1.165, 1.54) is 0 Å². The molecule has 0 aliphatic carbocycles. The van der Waals surface area contributed by atoms with Gasteiger partial charge in [-0.2, -0.15) is 0 Å². The van der Waals surface area contributed by atoms with Crippen molar-refractivity contribution in [1.82, 2.24) is 0 Å². The Labute approximate surface area is 150 Å². The van der Waals surface area contributed by atoms with E-state index in [4.69, 9.17) is 4.74 Å². The lowest BCUT2D eigenvalue weighted by molar-refractivity contribution is -0.114. The second-order valence-electron chi connectivity index (χ2n) is 6.57. The third-order valence-corrected chi connectivity index (χ3v) is 3.90. The quantitative estimate of drug-likeness (QED) is 0.736. The zero-order valence-electron chi connectivity index (χ0n) is 15.6. The molecule has 0 spiro atoms. The van der Waals surface area contributed by atoms with Crippen molar-refractivity contribution in [3.8, 4) is 5.75 Å². The predicted molar refractivity (Wildman–Crippen MR) is 104 cm³/mol. The van der Waals surface area contributed by atoms with E-state index in [-0.39, 0.29) is 12.5 Å². The monoisotopic (exact) mass is 340 g/mol. The lowest BCUT2D eigenvalue weighted by Gasteiger charge is -2.16. The van der Waals surface area contributed by atoms with Gasteiger partial charge in [0.1, 0.15) is 5.75 Å². The number of nitrogens with one attached hydrogen (secondary N) is 2. The largest absolute Gasteiger partial charge is 0.491 e. The van der Waals surface area contributed by atoms with Gasteiger partial charge in [-0.05, 0) is 42.5 Å². The first-order valence-corrected chi connectivity index (χ1v) is 8.85. The van der Waals surface area contributed by atoms with E-state index >= 15 is 0 Å². The fraction of sp³-hybridized carbons (Fsp3) is 0.381. The SMILES string of the molecule is CCc1cccc(C)c1NC(=O)CNc1ccccc1OCC(C)C. The number of carbonyl (C=O) groups is 1.